The highest BCUT2D eigenvalue weighted by Crippen LogP contribution is 2.21. The predicted molar refractivity (Wildman–Crippen MR) is 68.1 cm³/mol. The van der Waals surface area contributed by atoms with Crippen LogP contribution in [0.25, 0.3) is 5.69 Å². The van der Waals surface area contributed by atoms with Crippen molar-refractivity contribution in [1.82, 2.24) is 9.78 Å². The molecule has 4 heteroatoms. The monoisotopic (exact) mass is 248 g/mol. The van der Waals surface area contributed by atoms with Crippen LogP contribution in [-0.2, 0) is 0 Å². The largest absolute Gasteiger partial charge is 0.296 e. The van der Waals surface area contributed by atoms with Gasteiger partial charge in [0.2, 0.25) is 0 Å². The second-order valence-electron chi connectivity index (χ2n) is 4.15. The standard InChI is InChI=1S/C13H13ClN2O/c1-9(2)13-7-11(8-17)15-16(13)12-5-3-10(14)4-6-12/h3-9H,1-2H3. The van der Waals surface area contributed by atoms with Crippen LogP contribution in [0.5, 0.6) is 0 Å². The van der Waals surface area contributed by atoms with Crippen LogP contribution in [0.1, 0.15) is 35.9 Å². The van der Waals surface area contributed by atoms with E-state index in [1.807, 2.05) is 30.3 Å². The highest BCUT2D eigenvalue weighted by molar-refractivity contribution is 6.30. The summed E-state index contributed by atoms with van der Waals surface area (Å²) in [7, 11) is 0. The van der Waals surface area contributed by atoms with Crippen molar-refractivity contribution in [3.8, 4) is 5.69 Å². The third-order valence-corrected chi connectivity index (χ3v) is 2.79. The summed E-state index contributed by atoms with van der Waals surface area (Å²) in [6.45, 7) is 4.13. The Bertz CT molecular complexity index is 529. The molecule has 1 heterocycles. The Morgan fingerprint density at radius 3 is 2.47 bits per heavy atom. The molecule has 17 heavy (non-hydrogen) atoms. The molecule has 1 aromatic heterocycles. The first-order chi connectivity index (χ1) is 8.11. The van der Waals surface area contributed by atoms with Gasteiger partial charge in [-0.15, -0.1) is 0 Å². The van der Waals surface area contributed by atoms with Crippen molar-refractivity contribution >= 4 is 17.9 Å². The molecule has 0 saturated carbocycles. The van der Waals surface area contributed by atoms with E-state index in [1.165, 1.54) is 0 Å². The Morgan fingerprint density at radius 1 is 1.29 bits per heavy atom. The van der Waals surface area contributed by atoms with Crippen LogP contribution in [0, 0.1) is 0 Å². The first kappa shape index (κ1) is 11.9. The number of hydrogen-bond acceptors (Lipinski definition) is 2. The van der Waals surface area contributed by atoms with E-state index in [0.29, 0.717) is 16.6 Å². The lowest BCUT2D eigenvalue weighted by atomic mass is 10.1. The van der Waals surface area contributed by atoms with E-state index in [9.17, 15) is 4.79 Å². The molecule has 2 aromatic rings. The number of carbonyl (C=O) groups is 1. The van der Waals surface area contributed by atoms with E-state index in [4.69, 9.17) is 11.6 Å². The van der Waals surface area contributed by atoms with Gasteiger partial charge in [-0.1, -0.05) is 25.4 Å². The molecule has 0 aliphatic heterocycles. The van der Waals surface area contributed by atoms with E-state index in [0.717, 1.165) is 17.7 Å². The van der Waals surface area contributed by atoms with Crippen molar-refractivity contribution in [2.24, 2.45) is 0 Å². The van der Waals surface area contributed by atoms with Gasteiger partial charge in [0.1, 0.15) is 5.69 Å². The fraction of sp³-hybridized carbons (Fsp3) is 0.231. The smallest absolute Gasteiger partial charge is 0.170 e. The highest BCUT2D eigenvalue weighted by Gasteiger charge is 2.12. The second kappa shape index (κ2) is 4.72. The van der Waals surface area contributed by atoms with E-state index in [2.05, 4.69) is 18.9 Å². The highest BCUT2D eigenvalue weighted by atomic mass is 35.5. The third-order valence-electron chi connectivity index (χ3n) is 2.54. The Hall–Kier alpha value is -1.61. The molecule has 0 unspecified atom stereocenters. The number of hydrogen-bond donors (Lipinski definition) is 0. The minimum absolute atomic E-state index is 0.298. The Balaban J connectivity index is 2.53. The molecule has 0 aliphatic rings. The Labute approximate surface area is 105 Å². The maximum absolute atomic E-state index is 10.8. The van der Waals surface area contributed by atoms with E-state index < -0.39 is 0 Å². The van der Waals surface area contributed by atoms with Gasteiger partial charge in [0.15, 0.2) is 6.29 Å². The second-order valence-corrected chi connectivity index (χ2v) is 4.59. The summed E-state index contributed by atoms with van der Waals surface area (Å²) in [6, 6.07) is 9.20. The average molecular weight is 249 g/mol. The molecule has 2 rings (SSSR count). The van der Waals surface area contributed by atoms with Gasteiger partial charge >= 0.3 is 0 Å². The van der Waals surface area contributed by atoms with Crippen LogP contribution in [0.15, 0.2) is 30.3 Å². The molecule has 0 N–H and O–H groups in total. The van der Waals surface area contributed by atoms with E-state index in [1.54, 1.807) is 4.68 Å². The maximum Gasteiger partial charge on any atom is 0.170 e. The quantitative estimate of drug-likeness (QED) is 0.780. The number of halogens is 1. The number of aldehydes is 1. The van der Waals surface area contributed by atoms with E-state index >= 15 is 0 Å². The Morgan fingerprint density at radius 2 is 1.94 bits per heavy atom. The van der Waals surface area contributed by atoms with Crippen molar-refractivity contribution in [3.63, 3.8) is 0 Å². The molecule has 0 amide bonds. The van der Waals surface area contributed by atoms with Gasteiger partial charge in [-0.2, -0.15) is 5.10 Å². The maximum atomic E-state index is 10.8. The van der Waals surface area contributed by atoms with Crippen LogP contribution in [0.4, 0.5) is 0 Å². The number of rotatable bonds is 3. The summed E-state index contributed by atoms with van der Waals surface area (Å²) in [5.41, 5.74) is 2.37. The van der Waals surface area contributed by atoms with Crippen molar-refractivity contribution < 1.29 is 4.79 Å². The molecule has 0 saturated heterocycles. The summed E-state index contributed by atoms with van der Waals surface area (Å²) < 4.78 is 1.78. The van der Waals surface area contributed by atoms with Crippen molar-refractivity contribution in [2.75, 3.05) is 0 Å². The molecular formula is C13H13ClN2O. The average Bonchev–Trinajstić information content (AvgIpc) is 2.74. The van der Waals surface area contributed by atoms with Gasteiger partial charge in [0.05, 0.1) is 5.69 Å². The molecule has 3 nitrogen and oxygen atoms in total. The lowest BCUT2D eigenvalue weighted by Gasteiger charge is -2.09. The first-order valence-corrected chi connectivity index (χ1v) is 5.80. The summed E-state index contributed by atoms with van der Waals surface area (Å²) in [6.07, 6.45) is 0.762. The first-order valence-electron chi connectivity index (χ1n) is 5.43. The summed E-state index contributed by atoms with van der Waals surface area (Å²) >= 11 is 5.85. The third kappa shape index (κ3) is 2.39. The van der Waals surface area contributed by atoms with Gasteiger partial charge < -0.3 is 0 Å². The SMILES string of the molecule is CC(C)c1cc(C=O)nn1-c1ccc(Cl)cc1. The molecule has 0 aliphatic carbocycles. The van der Waals surface area contributed by atoms with Crippen LogP contribution in [0.3, 0.4) is 0 Å². The topological polar surface area (TPSA) is 34.9 Å². The van der Waals surface area contributed by atoms with Crippen molar-refractivity contribution in [2.45, 2.75) is 19.8 Å². The normalized spacial score (nSPS) is 10.8. The zero-order chi connectivity index (χ0) is 12.4. The molecule has 0 radical (unpaired) electrons. The zero-order valence-corrected chi connectivity index (χ0v) is 10.5. The molecule has 0 spiro atoms. The number of benzene rings is 1. The van der Waals surface area contributed by atoms with Gasteiger partial charge in [-0.05, 0) is 36.2 Å². The predicted octanol–water partition coefficient (Wildman–Crippen LogP) is 3.46. The van der Waals surface area contributed by atoms with Gasteiger partial charge in [-0.25, -0.2) is 4.68 Å². The fourth-order valence-corrected chi connectivity index (χ4v) is 1.80. The molecule has 0 atom stereocenters. The molecule has 88 valence electrons. The molecule has 1 aromatic carbocycles. The lowest BCUT2D eigenvalue weighted by Crippen LogP contribution is -2.03. The number of carbonyl (C=O) groups excluding carboxylic acids is 1. The van der Waals surface area contributed by atoms with Crippen LogP contribution >= 0.6 is 11.6 Å². The molecular weight excluding hydrogens is 236 g/mol. The summed E-state index contributed by atoms with van der Waals surface area (Å²) in [4.78, 5) is 10.8. The van der Waals surface area contributed by atoms with Crippen molar-refractivity contribution in [1.29, 1.82) is 0 Å². The zero-order valence-electron chi connectivity index (χ0n) is 9.72. The Kier molecular flexibility index (Phi) is 3.29. The van der Waals surface area contributed by atoms with Crippen LogP contribution in [-0.4, -0.2) is 16.1 Å². The minimum Gasteiger partial charge on any atom is -0.296 e. The summed E-state index contributed by atoms with van der Waals surface area (Å²) in [5.74, 6) is 0.298. The van der Waals surface area contributed by atoms with Gasteiger partial charge in [-0.3, -0.25) is 4.79 Å². The van der Waals surface area contributed by atoms with Gasteiger partial charge in [0, 0.05) is 10.7 Å². The van der Waals surface area contributed by atoms with E-state index in [-0.39, 0.29) is 0 Å². The molecule has 0 bridgehead atoms. The number of aromatic nitrogens is 2. The van der Waals surface area contributed by atoms with Gasteiger partial charge in [0.25, 0.3) is 0 Å². The van der Waals surface area contributed by atoms with Crippen LogP contribution < -0.4 is 0 Å². The van der Waals surface area contributed by atoms with Crippen molar-refractivity contribution in [3.05, 3.63) is 46.7 Å². The minimum atomic E-state index is 0.298. The fourth-order valence-electron chi connectivity index (χ4n) is 1.67. The summed E-state index contributed by atoms with van der Waals surface area (Å²) in [5, 5.41) is 4.94. The van der Waals surface area contributed by atoms with Crippen LogP contribution in [0.2, 0.25) is 5.02 Å². The molecule has 0 fully saturated rings. The number of nitrogens with zero attached hydrogens (tertiary/aromatic N) is 2. The lowest BCUT2D eigenvalue weighted by molar-refractivity contribution is 0.111.